The van der Waals surface area contributed by atoms with Crippen molar-refractivity contribution in [3.8, 4) is 0 Å². The van der Waals surface area contributed by atoms with Crippen molar-refractivity contribution in [1.29, 1.82) is 0 Å². The van der Waals surface area contributed by atoms with E-state index in [1.165, 1.54) is 6.42 Å². The van der Waals surface area contributed by atoms with Gasteiger partial charge in [-0.15, -0.1) is 0 Å². The molecule has 1 heteroatoms. The molecule has 13 heavy (non-hydrogen) atoms. The second-order valence-electron chi connectivity index (χ2n) is 4.36. The van der Waals surface area contributed by atoms with E-state index in [4.69, 9.17) is 4.74 Å². The van der Waals surface area contributed by atoms with Crippen molar-refractivity contribution in [1.82, 2.24) is 0 Å². The molecule has 2 unspecified atom stereocenters. The van der Waals surface area contributed by atoms with Crippen LogP contribution in [0.25, 0.3) is 0 Å². The van der Waals surface area contributed by atoms with E-state index in [0.29, 0.717) is 12.0 Å². The quantitative estimate of drug-likeness (QED) is 0.606. The molecule has 0 amide bonds. The van der Waals surface area contributed by atoms with E-state index in [1.807, 2.05) is 0 Å². The molecule has 1 nitrogen and oxygen atoms in total. The maximum Gasteiger partial charge on any atom is 0.0640 e. The van der Waals surface area contributed by atoms with Gasteiger partial charge in [0.25, 0.3) is 0 Å². The molecular formula is C12H22O. The van der Waals surface area contributed by atoms with Gasteiger partial charge in [-0.05, 0) is 39.0 Å². The lowest BCUT2D eigenvalue weighted by Gasteiger charge is -2.30. The normalized spacial score (nSPS) is 29.5. The number of hydrogen-bond acceptors (Lipinski definition) is 1. The average Bonchev–Trinajstić information content (AvgIpc) is 2.09. The summed E-state index contributed by atoms with van der Waals surface area (Å²) in [7, 11) is 0. The van der Waals surface area contributed by atoms with Gasteiger partial charge in [-0.3, -0.25) is 0 Å². The topological polar surface area (TPSA) is 9.23 Å². The van der Waals surface area contributed by atoms with Gasteiger partial charge in [0.2, 0.25) is 0 Å². The Kier molecular flexibility index (Phi) is 3.98. The maximum absolute atomic E-state index is 5.83. The molecular weight excluding hydrogens is 160 g/mol. The lowest BCUT2D eigenvalue weighted by molar-refractivity contribution is 0.0136. The van der Waals surface area contributed by atoms with Gasteiger partial charge in [-0.2, -0.15) is 0 Å². The van der Waals surface area contributed by atoms with Crippen LogP contribution in [0, 0.1) is 5.92 Å². The Morgan fingerprint density at radius 2 is 1.85 bits per heavy atom. The molecule has 76 valence electrons. The third-order valence-electron chi connectivity index (χ3n) is 3.03. The number of rotatable bonds is 3. The van der Waals surface area contributed by atoms with Crippen LogP contribution in [-0.2, 0) is 4.74 Å². The predicted molar refractivity (Wildman–Crippen MR) is 56.8 cm³/mol. The van der Waals surface area contributed by atoms with Crippen molar-refractivity contribution >= 4 is 0 Å². The largest absolute Gasteiger partial charge is 0.378 e. The summed E-state index contributed by atoms with van der Waals surface area (Å²) in [4.78, 5) is 0. The fourth-order valence-corrected chi connectivity index (χ4v) is 1.96. The molecule has 0 bridgehead atoms. The van der Waals surface area contributed by atoms with Crippen molar-refractivity contribution in [3.05, 3.63) is 11.1 Å². The Labute approximate surface area is 82.2 Å². The van der Waals surface area contributed by atoms with E-state index < -0.39 is 0 Å². The molecule has 1 rings (SSSR count). The monoisotopic (exact) mass is 182 g/mol. The Balaban J connectivity index is 2.49. The highest BCUT2D eigenvalue weighted by atomic mass is 16.5. The van der Waals surface area contributed by atoms with Gasteiger partial charge in [0, 0.05) is 6.61 Å². The third-order valence-corrected chi connectivity index (χ3v) is 3.03. The van der Waals surface area contributed by atoms with E-state index in [2.05, 4.69) is 27.7 Å². The fourth-order valence-electron chi connectivity index (χ4n) is 1.96. The summed E-state index contributed by atoms with van der Waals surface area (Å²) in [6.45, 7) is 9.88. The van der Waals surface area contributed by atoms with Crippen LogP contribution in [0.2, 0.25) is 0 Å². The van der Waals surface area contributed by atoms with Crippen LogP contribution in [0.1, 0.15) is 47.0 Å². The molecule has 0 aromatic rings. The van der Waals surface area contributed by atoms with Gasteiger partial charge in [-0.25, -0.2) is 0 Å². The van der Waals surface area contributed by atoms with Crippen LogP contribution >= 0.6 is 0 Å². The molecule has 0 aliphatic heterocycles. The standard InChI is InChI=1S/C12H22O/c1-5-6-13-12-8-10(3)9(2)7-11(12)4/h11-12H,5-8H2,1-4H3. The van der Waals surface area contributed by atoms with Gasteiger partial charge < -0.3 is 4.74 Å². The van der Waals surface area contributed by atoms with Gasteiger partial charge in [0.1, 0.15) is 0 Å². The van der Waals surface area contributed by atoms with Crippen molar-refractivity contribution in [3.63, 3.8) is 0 Å². The zero-order valence-electron chi connectivity index (χ0n) is 9.39. The lowest BCUT2D eigenvalue weighted by Crippen LogP contribution is -2.26. The van der Waals surface area contributed by atoms with Crippen LogP contribution in [0.3, 0.4) is 0 Å². The van der Waals surface area contributed by atoms with Crippen LogP contribution < -0.4 is 0 Å². The van der Waals surface area contributed by atoms with Crippen LogP contribution in [0.4, 0.5) is 0 Å². The predicted octanol–water partition coefficient (Wildman–Crippen LogP) is 3.55. The van der Waals surface area contributed by atoms with E-state index in [-0.39, 0.29) is 0 Å². The third kappa shape index (κ3) is 2.84. The fraction of sp³-hybridized carbons (Fsp3) is 0.833. The van der Waals surface area contributed by atoms with Gasteiger partial charge in [0.05, 0.1) is 6.10 Å². The highest BCUT2D eigenvalue weighted by molar-refractivity contribution is 5.15. The Bertz CT molecular complexity index is 193. The molecule has 0 saturated carbocycles. The number of allylic oxidation sites excluding steroid dienone is 1. The van der Waals surface area contributed by atoms with Crippen molar-refractivity contribution < 1.29 is 4.74 Å². The molecule has 0 spiro atoms. The Hall–Kier alpha value is -0.300. The lowest BCUT2D eigenvalue weighted by atomic mass is 9.84. The summed E-state index contributed by atoms with van der Waals surface area (Å²) < 4.78 is 5.83. The SMILES string of the molecule is CCCOC1CC(C)=C(C)CC1C. The molecule has 0 aromatic heterocycles. The zero-order valence-corrected chi connectivity index (χ0v) is 9.39. The highest BCUT2D eigenvalue weighted by Gasteiger charge is 2.23. The van der Waals surface area contributed by atoms with Crippen LogP contribution in [0.5, 0.6) is 0 Å². The van der Waals surface area contributed by atoms with E-state index >= 15 is 0 Å². The molecule has 0 aromatic carbocycles. The Morgan fingerprint density at radius 3 is 2.46 bits per heavy atom. The van der Waals surface area contributed by atoms with Crippen LogP contribution in [0.15, 0.2) is 11.1 Å². The average molecular weight is 182 g/mol. The minimum atomic E-state index is 0.476. The molecule has 1 aliphatic rings. The van der Waals surface area contributed by atoms with Crippen molar-refractivity contribution in [2.75, 3.05) is 6.61 Å². The molecule has 1 aliphatic carbocycles. The van der Waals surface area contributed by atoms with E-state index in [0.717, 1.165) is 19.4 Å². The first-order chi connectivity index (χ1) is 6.15. The number of hydrogen-bond donors (Lipinski definition) is 0. The van der Waals surface area contributed by atoms with Gasteiger partial charge >= 0.3 is 0 Å². The zero-order chi connectivity index (χ0) is 9.84. The summed E-state index contributed by atoms with van der Waals surface area (Å²) in [5, 5.41) is 0. The van der Waals surface area contributed by atoms with Crippen molar-refractivity contribution in [2.45, 2.75) is 53.1 Å². The van der Waals surface area contributed by atoms with E-state index in [9.17, 15) is 0 Å². The summed E-state index contributed by atoms with van der Waals surface area (Å²) in [5.74, 6) is 0.704. The molecule has 2 atom stereocenters. The first kappa shape index (κ1) is 10.8. The first-order valence-corrected chi connectivity index (χ1v) is 5.42. The molecule has 0 heterocycles. The van der Waals surface area contributed by atoms with Gasteiger partial charge in [-0.1, -0.05) is 25.0 Å². The summed E-state index contributed by atoms with van der Waals surface area (Å²) in [6, 6.07) is 0. The first-order valence-electron chi connectivity index (χ1n) is 5.42. The summed E-state index contributed by atoms with van der Waals surface area (Å²) in [5.41, 5.74) is 3.11. The number of ether oxygens (including phenoxy) is 1. The molecule has 0 fully saturated rings. The Morgan fingerprint density at radius 1 is 1.23 bits per heavy atom. The summed E-state index contributed by atoms with van der Waals surface area (Å²) in [6.07, 6.45) is 3.97. The van der Waals surface area contributed by atoms with Gasteiger partial charge in [0.15, 0.2) is 0 Å². The summed E-state index contributed by atoms with van der Waals surface area (Å²) >= 11 is 0. The molecule has 0 radical (unpaired) electrons. The molecule has 0 saturated heterocycles. The second kappa shape index (κ2) is 4.80. The smallest absolute Gasteiger partial charge is 0.0640 e. The second-order valence-corrected chi connectivity index (χ2v) is 4.36. The molecule has 0 N–H and O–H groups in total. The van der Waals surface area contributed by atoms with E-state index in [1.54, 1.807) is 11.1 Å². The maximum atomic E-state index is 5.83. The van der Waals surface area contributed by atoms with Crippen molar-refractivity contribution in [2.24, 2.45) is 5.92 Å². The van der Waals surface area contributed by atoms with Crippen LogP contribution in [-0.4, -0.2) is 12.7 Å². The minimum absolute atomic E-state index is 0.476. The highest BCUT2D eigenvalue weighted by Crippen LogP contribution is 2.30. The minimum Gasteiger partial charge on any atom is -0.378 e.